The molecule has 0 spiro atoms. The lowest BCUT2D eigenvalue weighted by Gasteiger charge is -2.09. The van der Waals surface area contributed by atoms with Crippen molar-refractivity contribution < 1.29 is 9.47 Å². The van der Waals surface area contributed by atoms with Crippen molar-refractivity contribution >= 4 is 22.9 Å². The second-order valence-electron chi connectivity index (χ2n) is 4.89. The van der Waals surface area contributed by atoms with Crippen molar-refractivity contribution in [3.05, 3.63) is 29.8 Å². The van der Waals surface area contributed by atoms with Gasteiger partial charge in [0.25, 0.3) is 0 Å². The summed E-state index contributed by atoms with van der Waals surface area (Å²) in [6.07, 6.45) is 3.34. The number of ether oxygens (including phenoxy) is 2. The highest BCUT2D eigenvalue weighted by Gasteiger charge is 2.14. The van der Waals surface area contributed by atoms with E-state index >= 15 is 0 Å². The summed E-state index contributed by atoms with van der Waals surface area (Å²) < 4.78 is 10.7. The fraction of sp³-hybridized carbons (Fsp3) is 0.533. The van der Waals surface area contributed by atoms with E-state index in [0.29, 0.717) is 12.5 Å². The van der Waals surface area contributed by atoms with Crippen LogP contribution in [-0.2, 0) is 11.2 Å². The van der Waals surface area contributed by atoms with Gasteiger partial charge in [-0.3, -0.25) is 4.99 Å². The maximum Gasteiger partial charge on any atom is 0.188 e. The van der Waals surface area contributed by atoms with E-state index in [4.69, 9.17) is 15.2 Å². The van der Waals surface area contributed by atoms with Crippen LogP contribution in [-0.4, -0.2) is 38.9 Å². The summed E-state index contributed by atoms with van der Waals surface area (Å²) in [6.45, 7) is 2.26. The number of guanidine groups is 1. The molecule has 5 nitrogen and oxygen atoms in total. The zero-order valence-corrected chi connectivity index (χ0v) is 14.1. The Labute approximate surface area is 136 Å². The van der Waals surface area contributed by atoms with Crippen molar-refractivity contribution in [3.63, 3.8) is 0 Å². The number of nitrogens with two attached hydrogens (primary N) is 1. The third kappa shape index (κ3) is 6.35. The zero-order chi connectivity index (χ0) is 14.2. The summed E-state index contributed by atoms with van der Waals surface area (Å²) in [4.78, 5) is 4.30. The number of benzene rings is 1. The number of rotatable bonds is 6. The molecular weight excluding hydrogens is 334 g/mol. The SMILES string of the molecule is Br.COc1cccc(CCNC(N)=NCC2CCCO2)c1. The van der Waals surface area contributed by atoms with Crippen molar-refractivity contribution in [2.45, 2.75) is 25.4 Å². The van der Waals surface area contributed by atoms with Crippen LogP contribution in [0.5, 0.6) is 5.75 Å². The Morgan fingerprint density at radius 2 is 2.38 bits per heavy atom. The van der Waals surface area contributed by atoms with Crippen LogP contribution in [0, 0.1) is 0 Å². The Bertz CT molecular complexity index is 448. The van der Waals surface area contributed by atoms with Crippen LogP contribution in [0.25, 0.3) is 0 Å². The van der Waals surface area contributed by atoms with Gasteiger partial charge in [0.05, 0.1) is 19.8 Å². The van der Waals surface area contributed by atoms with E-state index in [-0.39, 0.29) is 23.1 Å². The fourth-order valence-electron chi connectivity index (χ4n) is 2.21. The molecule has 6 heteroatoms. The number of hydrogen-bond acceptors (Lipinski definition) is 3. The summed E-state index contributed by atoms with van der Waals surface area (Å²) in [5, 5.41) is 3.12. The van der Waals surface area contributed by atoms with Gasteiger partial charge in [0, 0.05) is 13.2 Å². The van der Waals surface area contributed by atoms with Gasteiger partial charge in [-0.05, 0) is 37.0 Å². The van der Waals surface area contributed by atoms with Crippen LogP contribution >= 0.6 is 17.0 Å². The molecule has 0 aromatic heterocycles. The fourth-order valence-corrected chi connectivity index (χ4v) is 2.21. The molecule has 3 N–H and O–H groups in total. The predicted molar refractivity (Wildman–Crippen MR) is 90.5 cm³/mol. The first-order valence-corrected chi connectivity index (χ1v) is 7.06. The van der Waals surface area contributed by atoms with Gasteiger partial charge in [-0.2, -0.15) is 0 Å². The lowest BCUT2D eigenvalue weighted by Crippen LogP contribution is -2.34. The average Bonchev–Trinajstić information content (AvgIpc) is 2.99. The minimum atomic E-state index is 0. The molecule has 1 heterocycles. The normalized spacial score (nSPS) is 18.1. The van der Waals surface area contributed by atoms with Crippen LogP contribution in [0.15, 0.2) is 29.3 Å². The van der Waals surface area contributed by atoms with Gasteiger partial charge in [-0.25, -0.2) is 0 Å². The Hall–Kier alpha value is -1.27. The molecule has 0 radical (unpaired) electrons. The van der Waals surface area contributed by atoms with Gasteiger partial charge < -0.3 is 20.5 Å². The van der Waals surface area contributed by atoms with Gasteiger partial charge in [0.2, 0.25) is 0 Å². The maximum atomic E-state index is 5.83. The average molecular weight is 358 g/mol. The van der Waals surface area contributed by atoms with Crippen molar-refractivity contribution in [2.75, 3.05) is 26.8 Å². The van der Waals surface area contributed by atoms with E-state index in [1.807, 2.05) is 18.2 Å². The molecule has 1 aromatic carbocycles. The summed E-state index contributed by atoms with van der Waals surface area (Å²) >= 11 is 0. The summed E-state index contributed by atoms with van der Waals surface area (Å²) in [7, 11) is 1.67. The molecule has 21 heavy (non-hydrogen) atoms. The summed E-state index contributed by atoms with van der Waals surface area (Å²) in [5.41, 5.74) is 7.04. The van der Waals surface area contributed by atoms with Crippen LogP contribution in [0.4, 0.5) is 0 Å². The molecule has 0 saturated carbocycles. The molecule has 1 aliphatic rings. The van der Waals surface area contributed by atoms with Crippen molar-refractivity contribution in [1.29, 1.82) is 0 Å². The Morgan fingerprint density at radius 3 is 3.10 bits per heavy atom. The van der Waals surface area contributed by atoms with Gasteiger partial charge in [-0.15, -0.1) is 17.0 Å². The van der Waals surface area contributed by atoms with Gasteiger partial charge in [0.1, 0.15) is 5.75 Å². The molecule has 118 valence electrons. The summed E-state index contributed by atoms with van der Waals surface area (Å²) in [6, 6.07) is 8.03. The number of methoxy groups -OCH3 is 1. The number of aliphatic imine (C=N–C) groups is 1. The highest BCUT2D eigenvalue weighted by molar-refractivity contribution is 8.93. The first-order valence-electron chi connectivity index (χ1n) is 7.06. The van der Waals surface area contributed by atoms with Crippen molar-refractivity contribution in [1.82, 2.24) is 5.32 Å². The molecule has 0 bridgehead atoms. The number of hydrogen-bond donors (Lipinski definition) is 2. The van der Waals surface area contributed by atoms with Crippen molar-refractivity contribution in [3.8, 4) is 5.75 Å². The maximum absolute atomic E-state index is 5.83. The van der Waals surface area contributed by atoms with Crippen LogP contribution in [0.2, 0.25) is 0 Å². The smallest absolute Gasteiger partial charge is 0.188 e. The number of nitrogens with zero attached hydrogens (tertiary/aromatic N) is 1. The molecular formula is C15H24BrN3O2. The van der Waals surface area contributed by atoms with E-state index in [1.54, 1.807) is 7.11 Å². The monoisotopic (exact) mass is 357 g/mol. The van der Waals surface area contributed by atoms with Crippen molar-refractivity contribution in [2.24, 2.45) is 10.7 Å². The van der Waals surface area contributed by atoms with Crippen LogP contribution in [0.1, 0.15) is 18.4 Å². The Morgan fingerprint density at radius 1 is 1.52 bits per heavy atom. The zero-order valence-electron chi connectivity index (χ0n) is 12.4. The number of nitrogens with one attached hydrogen (secondary N) is 1. The molecule has 0 amide bonds. The van der Waals surface area contributed by atoms with E-state index in [0.717, 1.165) is 38.2 Å². The quantitative estimate of drug-likeness (QED) is 0.602. The highest BCUT2D eigenvalue weighted by atomic mass is 79.9. The Kier molecular flexibility index (Phi) is 8.15. The predicted octanol–water partition coefficient (Wildman–Crippen LogP) is 1.90. The van der Waals surface area contributed by atoms with Gasteiger partial charge in [-0.1, -0.05) is 12.1 Å². The number of halogens is 1. The molecule has 1 fully saturated rings. The molecule has 2 rings (SSSR count). The summed E-state index contributed by atoms with van der Waals surface area (Å²) in [5.74, 6) is 1.37. The lowest BCUT2D eigenvalue weighted by atomic mass is 10.1. The second kappa shape index (κ2) is 9.63. The molecule has 0 aliphatic carbocycles. The third-order valence-electron chi connectivity index (χ3n) is 3.34. The van der Waals surface area contributed by atoms with E-state index < -0.39 is 0 Å². The largest absolute Gasteiger partial charge is 0.497 e. The minimum absolute atomic E-state index is 0. The van der Waals surface area contributed by atoms with E-state index in [1.165, 1.54) is 5.56 Å². The lowest BCUT2D eigenvalue weighted by molar-refractivity contribution is 0.118. The first kappa shape index (κ1) is 17.8. The van der Waals surface area contributed by atoms with Gasteiger partial charge >= 0.3 is 0 Å². The minimum Gasteiger partial charge on any atom is -0.497 e. The first-order chi connectivity index (χ1) is 9.78. The molecule has 1 atom stereocenters. The van der Waals surface area contributed by atoms with E-state index in [9.17, 15) is 0 Å². The topological polar surface area (TPSA) is 68.9 Å². The highest BCUT2D eigenvalue weighted by Crippen LogP contribution is 2.13. The second-order valence-corrected chi connectivity index (χ2v) is 4.89. The Balaban J connectivity index is 0.00000220. The molecule has 1 aromatic rings. The third-order valence-corrected chi connectivity index (χ3v) is 3.34. The van der Waals surface area contributed by atoms with Gasteiger partial charge in [0.15, 0.2) is 5.96 Å². The van der Waals surface area contributed by atoms with Crippen LogP contribution in [0.3, 0.4) is 0 Å². The standard InChI is InChI=1S/C15H23N3O2.BrH/c1-19-13-5-2-4-12(10-13)7-8-17-15(16)18-11-14-6-3-9-20-14;/h2,4-5,10,14H,3,6-9,11H2,1H3,(H3,16,17,18);1H. The molecule has 1 aliphatic heterocycles. The van der Waals surface area contributed by atoms with Crippen LogP contribution < -0.4 is 15.8 Å². The van der Waals surface area contributed by atoms with E-state index in [2.05, 4.69) is 16.4 Å². The molecule has 1 unspecified atom stereocenters. The molecule has 1 saturated heterocycles.